The monoisotopic (exact) mass is 398 g/mol. The first-order chi connectivity index (χ1) is 7.17. The van der Waals surface area contributed by atoms with Gasteiger partial charge in [0.1, 0.15) is 18.6 Å². The average Bonchev–Trinajstić information content (AvgIpc) is 2.26. The van der Waals surface area contributed by atoms with E-state index in [1.165, 1.54) is 0 Å². The minimum Gasteiger partial charge on any atom is -0.491 e. The third kappa shape index (κ3) is 4.25. The SMILES string of the molecule is O=Cc1ccc(OCC(Br)CBr)c(Br)c1. The number of alkyl halides is 2. The van der Waals surface area contributed by atoms with Crippen molar-refractivity contribution in [2.45, 2.75) is 4.83 Å². The highest BCUT2D eigenvalue weighted by atomic mass is 79.9. The second-order valence-electron chi connectivity index (χ2n) is 2.87. The van der Waals surface area contributed by atoms with E-state index in [9.17, 15) is 4.79 Å². The van der Waals surface area contributed by atoms with Gasteiger partial charge in [-0.05, 0) is 34.1 Å². The predicted molar refractivity (Wildman–Crippen MR) is 71.5 cm³/mol. The van der Waals surface area contributed by atoms with Gasteiger partial charge in [0.05, 0.1) is 9.30 Å². The normalized spacial score (nSPS) is 12.2. The van der Waals surface area contributed by atoms with Crippen LogP contribution in [0.2, 0.25) is 0 Å². The lowest BCUT2D eigenvalue weighted by atomic mass is 10.2. The highest BCUT2D eigenvalue weighted by Crippen LogP contribution is 2.26. The number of carbonyl (C=O) groups is 1. The van der Waals surface area contributed by atoms with Crippen LogP contribution in [0.4, 0.5) is 0 Å². The zero-order chi connectivity index (χ0) is 11.3. The summed E-state index contributed by atoms with van der Waals surface area (Å²) in [4.78, 5) is 10.8. The molecule has 0 N–H and O–H groups in total. The molecule has 1 rings (SSSR count). The summed E-state index contributed by atoms with van der Waals surface area (Å²) in [6.45, 7) is 0.574. The Morgan fingerprint density at radius 2 is 2.20 bits per heavy atom. The molecule has 0 saturated carbocycles. The molecule has 0 aliphatic rings. The molecule has 82 valence electrons. The maximum Gasteiger partial charge on any atom is 0.150 e. The number of benzene rings is 1. The average molecular weight is 401 g/mol. The molecular weight excluding hydrogens is 392 g/mol. The fourth-order valence-electron chi connectivity index (χ4n) is 0.932. The highest BCUT2D eigenvalue weighted by Gasteiger charge is 2.06. The van der Waals surface area contributed by atoms with Crippen molar-refractivity contribution in [3.8, 4) is 5.75 Å². The standard InChI is InChI=1S/C10H9Br3O2/c11-4-8(12)6-15-10-2-1-7(5-14)3-9(10)13/h1-3,5,8H,4,6H2. The lowest BCUT2D eigenvalue weighted by molar-refractivity contribution is 0.112. The quantitative estimate of drug-likeness (QED) is 0.555. The number of ether oxygens (including phenoxy) is 1. The van der Waals surface area contributed by atoms with Crippen LogP contribution in [0.3, 0.4) is 0 Å². The first kappa shape index (κ1) is 13.2. The van der Waals surface area contributed by atoms with E-state index in [1.54, 1.807) is 18.2 Å². The minimum absolute atomic E-state index is 0.273. The van der Waals surface area contributed by atoms with Crippen molar-refractivity contribution in [3.63, 3.8) is 0 Å². The largest absolute Gasteiger partial charge is 0.491 e. The number of rotatable bonds is 5. The molecule has 0 amide bonds. The summed E-state index contributed by atoms with van der Waals surface area (Å²) < 4.78 is 6.34. The van der Waals surface area contributed by atoms with Crippen LogP contribution in [0.1, 0.15) is 10.4 Å². The van der Waals surface area contributed by atoms with Crippen molar-refractivity contribution in [3.05, 3.63) is 28.2 Å². The lowest BCUT2D eigenvalue weighted by Crippen LogP contribution is -2.12. The number of hydrogen-bond donors (Lipinski definition) is 0. The van der Waals surface area contributed by atoms with Gasteiger partial charge in [0.25, 0.3) is 0 Å². The van der Waals surface area contributed by atoms with Crippen molar-refractivity contribution in [1.29, 1.82) is 0 Å². The Hall–Kier alpha value is 0.130. The molecule has 2 nitrogen and oxygen atoms in total. The number of hydrogen-bond acceptors (Lipinski definition) is 2. The molecule has 0 heterocycles. The van der Waals surface area contributed by atoms with Gasteiger partial charge in [-0.2, -0.15) is 0 Å². The molecule has 1 aromatic carbocycles. The van der Waals surface area contributed by atoms with Crippen LogP contribution in [0.15, 0.2) is 22.7 Å². The van der Waals surface area contributed by atoms with Gasteiger partial charge in [-0.15, -0.1) is 0 Å². The van der Waals surface area contributed by atoms with E-state index in [-0.39, 0.29) is 4.83 Å². The Morgan fingerprint density at radius 3 is 2.73 bits per heavy atom. The fraction of sp³-hybridized carbons (Fsp3) is 0.300. The summed E-state index contributed by atoms with van der Waals surface area (Å²) in [5.74, 6) is 0.742. The van der Waals surface area contributed by atoms with Crippen LogP contribution in [0, 0.1) is 0 Å². The van der Waals surface area contributed by atoms with E-state index in [0.29, 0.717) is 12.2 Å². The Bertz CT molecular complexity index is 341. The molecule has 0 radical (unpaired) electrons. The van der Waals surface area contributed by atoms with Gasteiger partial charge in [-0.25, -0.2) is 0 Å². The second kappa shape index (κ2) is 6.66. The Labute approximate surface area is 114 Å². The molecule has 1 aromatic rings. The van der Waals surface area contributed by atoms with Crippen LogP contribution in [0.5, 0.6) is 5.75 Å². The van der Waals surface area contributed by atoms with E-state index in [4.69, 9.17) is 4.74 Å². The molecule has 0 aromatic heterocycles. The van der Waals surface area contributed by atoms with Gasteiger partial charge in [0.15, 0.2) is 0 Å². The lowest BCUT2D eigenvalue weighted by Gasteiger charge is -2.10. The molecule has 0 spiro atoms. The summed E-state index contributed by atoms with van der Waals surface area (Å²) in [6.07, 6.45) is 0.806. The van der Waals surface area contributed by atoms with E-state index in [1.807, 2.05) is 0 Å². The summed E-state index contributed by atoms with van der Waals surface area (Å²) in [5.41, 5.74) is 0.630. The molecule has 0 fully saturated rings. The Morgan fingerprint density at radius 1 is 1.47 bits per heavy atom. The van der Waals surface area contributed by atoms with E-state index in [2.05, 4.69) is 47.8 Å². The molecule has 0 saturated heterocycles. The Kier molecular flexibility index (Phi) is 5.86. The van der Waals surface area contributed by atoms with Gasteiger partial charge >= 0.3 is 0 Å². The predicted octanol–water partition coefficient (Wildman–Crippen LogP) is 3.80. The molecular formula is C10H9Br3O2. The van der Waals surface area contributed by atoms with Crippen LogP contribution in [-0.2, 0) is 0 Å². The second-order valence-corrected chi connectivity index (χ2v) is 5.67. The van der Waals surface area contributed by atoms with Crippen LogP contribution in [-0.4, -0.2) is 23.1 Å². The van der Waals surface area contributed by atoms with Crippen LogP contribution >= 0.6 is 47.8 Å². The summed E-state index contributed by atoms with van der Waals surface area (Å²) >= 11 is 10.1. The molecule has 5 heteroatoms. The maximum atomic E-state index is 10.5. The van der Waals surface area contributed by atoms with Crippen molar-refractivity contribution < 1.29 is 9.53 Å². The van der Waals surface area contributed by atoms with E-state index in [0.717, 1.165) is 21.8 Å². The van der Waals surface area contributed by atoms with Gasteiger partial charge in [0, 0.05) is 10.9 Å². The molecule has 0 aliphatic heterocycles. The smallest absolute Gasteiger partial charge is 0.150 e. The van der Waals surface area contributed by atoms with Crippen molar-refractivity contribution >= 4 is 54.1 Å². The molecule has 1 unspecified atom stereocenters. The number of carbonyl (C=O) groups excluding carboxylic acids is 1. The summed E-state index contributed by atoms with van der Waals surface area (Å²) in [5, 5.41) is 0.830. The third-order valence-corrected chi connectivity index (χ3v) is 4.54. The number of halogens is 3. The zero-order valence-electron chi connectivity index (χ0n) is 7.75. The van der Waals surface area contributed by atoms with Gasteiger partial charge in [-0.1, -0.05) is 31.9 Å². The maximum absolute atomic E-state index is 10.5. The molecule has 1 atom stereocenters. The van der Waals surface area contributed by atoms with Gasteiger partial charge in [-0.3, -0.25) is 4.79 Å². The summed E-state index contributed by atoms with van der Waals surface area (Å²) in [6, 6.07) is 5.24. The van der Waals surface area contributed by atoms with Crippen molar-refractivity contribution in [1.82, 2.24) is 0 Å². The van der Waals surface area contributed by atoms with E-state index < -0.39 is 0 Å². The number of aldehydes is 1. The molecule has 0 bridgehead atoms. The summed E-state index contributed by atoms with van der Waals surface area (Å²) in [7, 11) is 0. The molecule has 15 heavy (non-hydrogen) atoms. The van der Waals surface area contributed by atoms with Crippen molar-refractivity contribution in [2.24, 2.45) is 0 Å². The third-order valence-electron chi connectivity index (χ3n) is 1.68. The minimum atomic E-state index is 0.273. The van der Waals surface area contributed by atoms with Crippen molar-refractivity contribution in [2.75, 3.05) is 11.9 Å². The van der Waals surface area contributed by atoms with Gasteiger partial charge < -0.3 is 4.74 Å². The fourth-order valence-corrected chi connectivity index (χ4v) is 1.76. The topological polar surface area (TPSA) is 26.3 Å². The van der Waals surface area contributed by atoms with Gasteiger partial charge in [0.2, 0.25) is 0 Å². The highest BCUT2D eigenvalue weighted by molar-refractivity contribution is 9.12. The Balaban J connectivity index is 2.65. The van der Waals surface area contributed by atoms with E-state index >= 15 is 0 Å². The van der Waals surface area contributed by atoms with Crippen LogP contribution < -0.4 is 4.74 Å². The van der Waals surface area contributed by atoms with Crippen LogP contribution in [0.25, 0.3) is 0 Å². The first-order valence-electron chi connectivity index (χ1n) is 4.25. The molecule has 0 aliphatic carbocycles. The first-order valence-corrected chi connectivity index (χ1v) is 7.08. The zero-order valence-corrected chi connectivity index (χ0v) is 12.5.